The average molecular weight is 403 g/mol. The van der Waals surface area contributed by atoms with Gasteiger partial charge in [-0.2, -0.15) is 0 Å². The van der Waals surface area contributed by atoms with Gasteiger partial charge in [-0.1, -0.05) is 47.5 Å². The number of aryl methyl sites for hydroxylation is 2. The molecule has 148 valence electrons. The predicted molar refractivity (Wildman–Crippen MR) is 108 cm³/mol. The minimum Gasteiger partial charge on any atom is -0.455 e. The van der Waals surface area contributed by atoms with Gasteiger partial charge in [-0.15, -0.1) is 0 Å². The smallest absolute Gasteiger partial charge is 0.308 e. The summed E-state index contributed by atoms with van der Waals surface area (Å²) < 4.78 is 5.05. The molecule has 2 N–H and O–H groups in total. The maximum Gasteiger partial charge on any atom is 0.308 e. The van der Waals surface area contributed by atoms with E-state index in [-0.39, 0.29) is 12.3 Å². The molecule has 0 radical (unpaired) electrons. The number of rotatable bonds is 7. The number of carbonyl (C=O) groups excluding carboxylic acids is 3. The number of anilines is 1. The quantitative estimate of drug-likeness (QED) is 0.691. The van der Waals surface area contributed by atoms with Gasteiger partial charge in [0, 0.05) is 6.92 Å². The van der Waals surface area contributed by atoms with Crippen molar-refractivity contribution < 1.29 is 19.1 Å². The van der Waals surface area contributed by atoms with Gasteiger partial charge in [0.25, 0.3) is 5.91 Å². The number of ether oxygens (including phenoxy) is 1. The summed E-state index contributed by atoms with van der Waals surface area (Å²) in [5, 5.41) is 5.73. The lowest BCUT2D eigenvalue weighted by molar-refractivity contribution is -0.148. The first kappa shape index (κ1) is 21.4. The topological polar surface area (TPSA) is 84.5 Å². The molecule has 0 spiro atoms. The van der Waals surface area contributed by atoms with E-state index < -0.39 is 24.5 Å². The molecular weight excluding hydrogens is 380 g/mol. The third kappa shape index (κ3) is 6.70. The Kier molecular flexibility index (Phi) is 7.58. The SMILES string of the molecule is CC(=O)NC(CC(=O)OCC(=O)Nc1ccc(C)cc1Cl)c1ccc(C)cc1. The van der Waals surface area contributed by atoms with E-state index >= 15 is 0 Å². The van der Waals surface area contributed by atoms with Gasteiger partial charge in [0.2, 0.25) is 5.91 Å². The van der Waals surface area contributed by atoms with Crippen LogP contribution in [0.5, 0.6) is 0 Å². The number of esters is 1. The van der Waals surface area contributed by atoms with Gasteiger partial charge >= 0.3 is 5.97 Å². The standard InChI is InChI=1S/C21H23ClN2O4/c1-13-4-7-16(8-5-13)19(23-15(3)25)11-21(27)28-12-20(26)24-18-9-6-14(2)10-17(18)22/h4-10,19H,11-12H2,1-3H3,(H,23,25)(H,24,26). The van der Waals surface area contributed by atoms with Crippen LogP contribution < -0.4 is 10.6 Å². The lowest BCUT2D eigenvalue weighted by atomic mass is 10.0. The molecule has 1 atom stereocenters. The van der Waals surface area contributed by atoms with Crippen molar-refractivity contribution >= 4 is 35.1 Å². The van der Waals surface area contributed by atoms with Crippen molar-refractivity contribution in [2.75, 3.05) is 11.9 Å². The van der Waals surface area contributed by atoms with E-state index in [0.29, 0.717) is 10.7 Å². The van der Waals surface area contributed by atoms with E-state index in [2.05, 4.69) is 10.6 Å². The molecule has 0 saturated heterocycles. The molecule has 0 aliphatic rings. The summed E-state index contributed by atoms with van der Waals surface area (Å²) in [5.41, 5.74) is 3.27. The van der Waals surface area contributed by atoms with Crippen molar-refractivity contribution in [3.8, 4) is 0 Å². The highest BCUT2D eigenvalue weighted by Crippen LogP contribution is 2.22. The summed E-state index contributed by atoms with van der Waals surface area (Å²) >= 11 is 6.07. The largest absolute Gasteiger partial charge is 0.455 e. The molecule has 1 unspecified atom stereocenters. The van der Waals surface area contributed by atoms with Crippen LogP contribution in [-0.2, 0) is 19.1 Å². The van der Waals surface area contributed by atoms with Crippen LogP contribution in [0.25, 0.3) is 0 Å². The van der Waals surface area contributed by atoms with Crippen molar-refractivity contribution in [1.29, 1.82) is 0 Å². The van der Waals surface area contributed by atoms with Crippen LogP contribution in [0, 0.1) is 13.8 Å². The molecule has 0 saturated carbocycles. The summed E-state index contributed by atoms with van der Waals surface area (Å²) in [6, 6.07) is 12.2. The van der Waals surface area contributed by atoms with E-state index in [1.165, 1.54) is 6.92 Å². The van der Waals surface area contributed by atoms with E-state index in [1.807, 2.05) is 44.2 Å². The molecule has 2 rings (SSSR count). The fourth-order valence-electron chi connectivity index (χ4n) is 2.58. The summed E-state index contributed by atoms with van der Waals surface area (Å²) in [7, 11) is 0. The van der Waals surface area contributed by atoms with Gasteiger partial charge in [-0.05, 0) is 37.1 Å². The maximum absolute atomic E-state index is 12.2. The lowest BCUT2D eigenvalue weighted by Crippen LogP contribution is -2.29. The zero-order valence-corrected chi connectivity index (χ0v) is 16.8. The first-order valence-electron chi connectivity index (χ1n) is 8.80. The maximum atomic E-state index is 12.2. The molecular formula is C21H23ClN2O4. The highest BCUT2D eigenvalue weighted by molar-refractivity contribution is 6.33. The molecule has 7 heteroatoms. The Morgan fingerprint density at radius 1 is 1.04 bits per heavy atom. The molecule has 0 aliphatic carbocycles. The van der Waals surface area contributed by atoms with Crippen LogP contribution in [0.1, 0.15) is 36.1 Å². The monoisotopic (exact) mass is 402 g/mol. The van der Waals surface area contributed by atoms with Crippen LogP contribution in [0.3, 0.4) is 0 Å². The van der Waals surface area contributed by atoms with Crippen LogP contribution in [0.15, 0.2) is 42.5 Å². The summed E-state index contributed by atoms with van der Waals surface area (Å²) in [5.74, 6) is -1.35. The molecule has 0 heterocycles. The Labute approximate surface area is 169 Å². The van der Waals surface area contributed by atoms with Crippen LogP contribution in [-0.4, -0.2) is 24.4 Å². The van der Waals surface area contributed by atoms with Crippen LogP contribution in [0.2, 0.25) is 5.02 Å². The number of carbonyl (C=O) groups is 3. The van der Waals surface area contributed by atoms with Crippen molar-refractivity contribution in [2.24, 2.45) is 0 Å². The number of amides is 2. The Bertz CT molecular complexity index is 865. The second kappa shape index (κ2) is 9.90. The molecule has 6 nitrogen and oxygen atoms in total. The fraction of sp³-hybridized carbons (Fsp3) is 0.286. The Hall–Kier alpha value is -2.86. The number of hydrogen-bond acceptors (Lipinski definition) is 4. The number of halogens is 1. The summed E-state index contributed by atoms with van der Waals surface area (Å²) in [6.45, 7) is 4.78. The third-order valence-corrected chi connectivity index (χ3v) is 4.30. The van der Waals surface area contributed by atoms with Gasteiger partial charge in [-0.3, -0.25) is 14.4 Å². The zero-order valence-electron chi connectivity index (χ0n) is 16.0. The number of hydrogen-bond donors (Lipinski definition) is 2. The molecule has 2 amide bonds. The third-order valence-electron chi connectivity index (χ3n) is 3.99. The van der Waals surface area contributed by atoms with Crippen LogP contribution in [0.4, 0.5) is 5.69 Å². The van der Waals surface area contributed by atoms with Crippen molar-refractivity contribution in [1.82, 2.24) is 5.32 Å². The van der Waals surface area contributed by atoms with Gasteiger partial charge in [0.1, 0.15) is 0 Å². The van der Waals surface area contributed by atoms with Gasteiger partial charge in [0.05, 0.1) is 23.2 Å². The first-order chi connectivity index (χ1) is 13.2. The van der Waals surface area contributed by atoms with E-state index in [4.69, 9.17) is 16.3 Å². The number of benzene rings is 2. The normalized spacial score (nSPS) is 11.4. The predicted octanol–water partition coefficient (Wildman–Crippen LogP) is 3.71. The zero-order chi connectivity index (χ0) is 20.7. The van der Waals surface area contributed by atoms with Crippen molar-refractivity contribution in [2.45, 2.75) is 33.2 Å². The second-order valence-corrected chi connectivity index (χ2v) is 6.97. The minimum absolute atomic E-state index is 0.0821. The molecule has 0 aromatic heterocycles. The van der Waals surface area contributed by atoms with E-state index in [9.17, 15) is 14.4 Å². The van der Waals surface area contributed by atoms with Crippen molar-refractivity contribution in [3.63, 3.8) is 0 Å². The summed E-state index contributed by atoms with van der Waals surface area (Å²) in [6.07, 6.45) is -0.0821. The van der Waals surface area contributed by atoms with Gasteiger partial charge < -0.3 is 15.4 Å². The van der Waals surface area contributed by atoms with Crippen LogP contribution >= 0.6 is 11.6 Å². The van der Waals surface area contributed by atoms with Gasteiger partial charge in [-0.25, -0.2) is 0 Å². The summed E-state index contributed by atoms with van der Waals surface area (Å²) in [4.78, 5) is 35.6. The molecule has 2 aromatic carbocycles. The minimum atomic E-state index is -0.593. The Morgan fingerprint density at radius 2 is 1.68 bits per heavy atom. The van der Waals surface area contributed by atoms with Gasteiger partial charge in [0.15, 0.2) is 6.61 Å². The Morgan fingerprint density at radius 3 is 2.29 bits per heavy atom. The molecule has 2 aromatic rings. The highest BCUT2D eigenvalue weighted by Gasteiger charge is 2.19. The lowest BCUT2D eigenvalue weighted by Gasteiger charge is -2.18. The first-order valence-corrected chi connectivity index (χ1v) is 9.17. The second-order valence-electron chi connectivity index (χ2n) is 6.56. The fourth-order valence-corrected chi connectivity index (χ4v) is 2.86. The average Bonchev–Trinajstić information content (AvgIpc) is 2.62. The number of nitrogens with one attached hydrogen (secondary N) is 2. The van der Waals surface area contributed by atoms with Crippen molar-refractivity contribution in [3.05, 3.63) is 64.2 Å². The molecule has 0 fully saturated rings. The Balaban J connectivity index is 1.92. The van der Waals surface area contributed by atoms with E-state index in [0.717, 1.165) is 16.7 Å². The highest BCUT2D eigenvalue weighted by atomic mass is 35.5. The van der Waals surface area contributed by atoms with E-state index in [1.54, 1.807) is 12.1 Å². The molecule has 0 aliphatic heterocycles. The molecule has 0 bridgehead atoms. The molecule has 28 heavy (non-hydrogen) atoms.